The second kappa shape index (κ2) is 6.03. The molecule has 0 heterocycles. The van der Waals surface area contributed by atoms with E-state index in [9.17, 15) is 0 Å². The normalized spacial score (nSPS) is 11.9. The Morgan fingerprint density at radius 1 is 1.00 bits per heavy atom. The molecule has 0 aliphatic rings. The van der Waals surface area contributed by atoms with Gasteiger partial charge in [0.25, 0.3) is 0 Å². The summed E-state index contributed by atoms with van der Waals surface area (Å²) in [4.78, 5) is 4.21. The fraction of sp³-hybridized carbons (Fsp3) is 0. The number of rotatable bonds is 3. The van der Waals surface area contributed by atoms with Crippen LogP contribution in [-0.4, -0.2) is 11.3 Å². The first-order chi connectivity index (χ1) is 8.74. The molecule has 0 radical (unpaired) electrons. The van der Waals surface area contributed by atoms with Crippen LogP contribution in [0.15, 0.2) is 64.6 Å². The highest BCUT2D eigenvalue weighted by molar-refractivity contribution is 6.41. The minimum atomic E-state index is 0.222. The topological polar surface area (TPSA) is 32.6 Å². The molecular formula is C15H12ClNO. The van der Waals surface area contributed by atoms with E-state index in [1.165, 1.54) is 0 Å². The molecule has 0 fully saturated rings. The average Bonchev–Trinajstić information content (AvgIpc) is 2.39. The molecule has 2 aromatic carbocycles. The first-order valence-electron chi connectivity index (χ1n) is 5.49. The fourth-order valence-corrected chi connectivity index (χ4v) is 1.60. The summed E-state index contributed by atoms with van der Waals surface area (Å²) in [6.07, 6.45) is 3.42. The smallest absolute Gasteiger partial charge is 0.115 e. The third-order valence-electron chi connectivity index (χ3n) is 2.29. The molecule has 0 aliphatic heterocycles. The molecule has 0 atom stereocenters. The maximum absolute atomic E-state index is 9.14. The lowest BCUT2D eigenvalue weighted by Gasteiger charge is -1.95. The van der Waals surface area contributed by atoms with Crippen LogP contribution in [0.4, 0.5) is 5.69 Å². The van der Waals surface area contributed by atoms with Crippen molar-refractivity contribution in [2.45, 2.75) is 0 Å². The average molecular weight is 258 g/mol. The molecule has 0 saturated carbocycles. The van der Waals surface area contributed by atoms with Crippen molar-refractivity contribution in [3.63, 3.8) is 0 Å². The molecule has 18 heavy (non-hydrogen) atoms. The maximum atomic E-state index is 9.14. The second-order valence-corrected chi connectivity index (χ2v) is 4.15. The zero-order valence-corrected chi connectivity index (χ0v) is 10.4. The van der Waals surface area contributed by atoms with E-state index in [2.05, 4.69) is 4.99 Å². The Kier molecular flexibility index (Phi) is 4.15. The third-order valence-corrected chi connectivity index (χ3v) is 2.50. The van der Waals surface area contributed by atoms with E-state index in [1.807, 2.05) is 36.4 Å². The van der Waals surface area contributed by atoms with Gasteiger partial charge in [-0.2, -0.15) is 0 Å². The number of aromatic hydroxyl groups is 1. The van der Waals surface area contributed by atoms with Crippen molar-refractivity contribution in [2.24, 2.45) is 4.99 Å². The first kappa shape index (κ1) is 12.4. The van der Waals surface area contributed by atoms with Crippen molar-refractivity contribution in [2.75, 3.05) is 0 Å². The highest BCUT2D eigenvalue weighted by atomic mass is 35.5. The van der Waals surface area contributed by atoms with Gasteiger partial charge in [-0.25, -0.2) is 0 Å². The molecule has 2 aromatic rings. The van der Waals surface area contributed by atoms with Gasteiger partial charge in [-0.3, -0.25) is 4.99 Å². The molecule has 2 nitrogen and oxygen atoms in total. The monoisotopic (exact) mass is 257 g/mol. The van der Waals surface area contributed by atoms with Crippen LogP contribution < -0.4 is 0 Å². The van der Waals surface area contributed by atoms with Gasteiger partial charge in [0.2, 0.25) is 0 Å². The summed E-state index contributed by atoms with van der Waals surface area (Å²) in [6, 6.07) is 16.4. The molecule has 0 aromatic heterocycles. The summed E-state index contributed by atoms with van der Waals surface area (Å²) in [5.41, 5.74) is 1.77. The van der Waals surface area contributed by atoms with E-state index in [1.54, 1.807) is 30.5 Å². The van der Waals surface area contributed by atoms with Gasteiger partial charge < -0.3 is 5.11 Å². The van der Waals surface area contributed by atoms with Gasteiger partial charge in [0, 0.05) is 6.21 Å². The molecule has 1 N–H and O–H groups in total. The van der Waals surface area contributed by atoms with Crippen molar-refractivity contribution < 1.29 is 5.11 Å². The molecule has 0 spiro atoms. The van der Waals surface area contributed by atoms with Crippen LogP contribution in [-0.2, 0) is 0 Å². The predicted molar refractivity (Wildman–Crippen MR) is 76.5 cm³/mol. The van der Waals surface area contributed by atoms with Crippen LogP contribution in [0.1, 0.15) is 5.56 Å². The standard InChI is InChI=1S/C15H12ClNO/c16-13(10-12-4-2-1-3-5-12)11-17-14-6-8-15(18)9-7-14/h1-11,18H. The van der Waals surface area contributed by atoms with Crippen LogP contribution in [0.5, 0.6) is 5.75 Å². The molecule has 0 bridgehead atoms. The minimum Gasteiger partial charge on any atom is -0.508 e. The van der Waals surface area contributed by atoms with Gasteiger partial charge in [0.15, 0.2) is 0 Å². The number of benzene rings is 2. The van der Waals surface area contributed by atoms with E-state index in [0.29, 0.717) is 5.03 Å². The molecule has 3 heteroatoms. The maximum Gasteiger partial charge on any atom is 0.115 e. The van der Waals surface area contributed by atoms with Crippen LogP contribution in [0.2, 0.25) is 0 Å². The summed E-state index contributed by atoms with van der Waals surface area (Å²) in [6.45, 7) is 0. The summed E-state index contributed by atoms with van der Waals surface area (Å²) < 4.78 is 0. The summed E-state index contributed by atoms with van der Waals surface area (Å²) >= 11 is 6.06. The summed E-state index contributed by atoms with van der Waals surface area (Å²) in [7, 11) is 0. The Morgan fingerprint density at radius 2 is 1.67 bits per heavy atom. The molecule has 90 valence electrons. The van der Waals surface area contributed by atoms with E-state index in [4.69, 9.17) is 16.7 Å². The Labute approximate surface area is 111 Å². The number of nitrogens with zero attached hydrogens (tertiary/aromatic N) is 1. The summed E-state index contributed by atoms with van der Waals surface area (Å²) in [5.74, 6) is 0.222. The number of hydrogen-bond acceptors (Lipinski definition) is 2. The first-order valence-corrected chi connectivity index (χ1v) is 5.87. The molecule has 0 unspecified atom stereocenters. The number of halogens is 1. The second-order valence-electron chi connectivity index (χ2n) is 3.71. The highest BCUT2D eigenvalue weighted by Crippen LogP contribution is 2.17. The van der Waals surface area contributed by atoms with E-state index < -0.39 is 0 Å². The number of aliphatic imine (C=N–C) groups is 1. The van der Waals surface area contributed by atoms with E-state index >= 15 is 0 Å². The lowest BCUT2D eigenvalue weighted by Crippen LogP contribution is -1.76. The molecule has 0 amide bonds. The molecule has 0 aliphatic carbocycles. The molecule has 0 saturated heterocycles. The van der Waals surface area contributed by atoms with Gasteiger partial charge >= 0.3 is 0 Å². The van der Waals surface area contributed by atoms with Crippen LogP contribution in [0, 0.1) is 0 Å². The van der Waals surface area contributed by atoms with Crippen molar-refractivity contribution in [1.29, 1.82) is 0 Å². The van der Waals surface area contributed by atoms with Crippen molar-refractivity contribution in [3.8, 4) is 5.75 Å². The third kappa shape index (κ3) is 3.75. The Morgan fingerprint density at radius 3 is 2.33 bits per heavy atom. The molecular weight excluding hydrogens is 246 g/mol. The van der Waals surface area contributed by atoms with Crippen LogP contribution in [0.25, 0.3) is 6.08 Å². The van der Waals surface area contributed by atoms with Crippen LogP contribution >= 0.6 is 11.6 Å². The van der Waals surface area contributed by atoms with Crippen LogP contribution in [0.3, 0.4) is 0 Å². The zero-order chi connectivity index (χ0) is 12.8. The lowest BCUT2D eigenvalue weighted by atomic mass is 10.2. The van der Waals surface area contributed by atoms with Crippen molar-refractivity contribution in [1.82, 2.24) is 0 Å². The van der Waals surface area contributed by atoms with Gasteiger partial charge in [-0.1, -0.05) is 41.9 Å². The number of phenolic OH excluding ortho intramolecular Hbond substituents is 1. The van der Waals surface area contributed by atoms with Gasteiger partial charge in [-0.15, -0.1) is 0 Å². The number of hydrogen-bond donors (Lipinski definition) is 1. The Hall–Kier alpha value is -2.06. The van der Waals surface area contributed by atoms with Crippen molar-refractivity contribution in [3.05, 3.63) is 65.2 Å². The van der Waals surface area contributed by atoms with Gasteiger partial charge in [0.05, 0.1) is 10.7 Å². The number of allylic oxidation sites excluding steroid dienone is 1. The largest absolute Gasteiger partial charge is 0.508 e. The van der Waals surface area contributed by atoms with Gasteiger partial charge in [-0.05, 0) is 35.9 Å². The fourth-order valence-electron chi connectivity index (χ4n) is 1.42. The zero-order valence-electron chi connectivity index (χ0n) is 9.62. The lowest BCUT2D eigenvalue weighted by molar-refractivity contribution is 0.475. The summed E-state index contributed by atoms with van der Waals surface area (Å²) in [5, 5.41) is 9.69. The van der Waals surface area contributed by atoms with E-state index in [0.717, 1.165) is 11.3 Å². The minimum absolute atomic E-state index is 0.222. The van der Waals surface area contributed by atoms with E-state index in [-0.39, 0.29) is 5.75 Å². The Balaban J connectivity index is 2.09. The Bertz CT molecular complexity index is 559. The molecule has 2 rings (SSSR count). The SMILES string of the molecule is Oc1ccc(N=CC(Cl)=Cc2ccccc2)cc1. The van der Waals surface area contributed by atoms with Gasteiger partial charge in [0.1, 0.15) is 5.75 Å². The number of phenols is 1. The highest BCUT2D eigenvalue weighted by Gasteiger charge is 1.91. The quantitative estimate of drug-likeness (QED) is 0.814. The predicted octanol–water partition coefficient (Wildman–Crippen LogP) is 4.37. The van der Waals surface area contributed by atoms with Crippen molar-refractivity contribution >= 4 is 29.6 Å².